The van der Waals surface area contributed by atoms with Gasteiger partial charge in [-0.3, -0.25) is 4.90 Å². The molecule has 1 N–H and O–H groups in total. The highest BCUT2D eigenvalue weighted by molar-refractivity contribution is 5.12. The lowest BCUT2D eigenvalue weighted by Gasteiger charge is -2.24. The molecule has 0 saturated heterocycles. The second-order valence-corrected chi connectivity index (χ2v) is 4.51. The van der Waals surface area contributed by atoms with Gasteiger partial charge in [-0.1, -0.05) is 0 Å². The number of furan rings is 1. The topological polar surface area (TPSA) is 37.6 Å². The van der Waals surface area contributed by atoms with E-state index in [0.717, 1.165) is 32.0 Å². The summed E-state index contributed by atoms with van der Waals surface area (Å²) in [4.78, 5) is 2.34. The van der Waals surface area contributed by atoms with Crippen LogP contribution >= 0.6 is 0 Å². The zero-order valence-electron chi connectivity index (χ0n) is 11.3. The molecule has 0 atom stereocenters. The molecule has 0 aliphatic carbocycles. The molecule has 0 aromatic carbocycles. The van der Waals surface area contributed by atoms with E-state index in [-0.39, 0.29) is 0 Å². The summed E-state index contributed by atoms with van der Waals surface area (Å²) < 4.78 is 10.7. The highest BCUT2D eigenvalue weighted by Gasteiger charge is 2.12. The van der Waals surface area contributed by atoms with Crippen LogP contribution < -0.4 is 5.32 Å². The van der Waals surface area contributed by atoms with Crippen molar-refractivity contribution in [1.29, 1.82) is 0 Å². The van der Waals surface area contributed by atoms with E-state index < -0.39 is 0 Å². The average Bonchev–Trinajstić information content (AvgIpc) is 2.72. The molecule has 98 valence electrons. The zero-order valence-corrected chi connectivity index (χ0v) is 11.3. The number of rotatable bonds is 8. The molecule has 17 heavy (non-hydrogen) atoms. The maximum Gasteiger partial charge on any atom is 0.118 e. The fourth-order valence-electron chi connectivity index (χ4n) is 1.73. The summed E-state index contributed by atoms with van der Waals surface area (Å²) in [7, 11) is 3.67. The summed E-state index contributed by atoms with van der Waals surface area (Å²) in [5.41, 5.74) is 1.19. The number of methoxy groups -OCH3 is 1. The second-order valence-electron chi connectivity index (χ2n) is 4.51. The van der Waals surface area contributed by atoms with Gasteiger partial charge in [-0.15, -0.1) is 0 Å². The third kappa shape index (κ3) is 4.89. The molecular weight excluding hydrogens is 216 g/mol. The molecule has 0 aliphatic heterocycles. The maximum absolute atomic E-state index is 5.56. The van der Waals surface area contributed by atoms with Crippen molar-refractivity contribution < 1.29 is 9.15 Å². The smallest absolute Gasteiger partial charge is 0.118 e. The summed E-state index contributed by atoms with van der Waals surface area (Å²) >= 11 is 0. The molecule has 0 bridgehead atoms. The van der Waals surface area contributed by atoms with E-state index in [4.69, 9.17) is 9.15 Å². The SMILES string of the molecule is CNCc1coc(CN(CCOC)C(C)C)c1. The first-order valence-corrected chi connectivity index (χ1v) is 6.11. The van der Waals surface area contributed by atoms with Gasteiger partial charge in [0.2, 0.25) is 0 Å². The zero-order chi connectivity index (χ0) is 12.7. The Morgan fingerprint density at radius 2 is 2.24 bits per heavy atom. The first-order valence-electron chi connectivity index (χ1n) is 6.11. The molecule has 0 fully saturated rings. The summed E-state index contributed by atoms with van der Waals surface area (Å²) in [5.74, 6) is 1.01. The average molecular weight is 240 g/mol. The van der Waals surface area contributed by atoms with E-state index in [9.17, 15) is 0 Å². The fourth-order valence-corrected chi connectivity index (χ4v) is 1.73. The van der Waals surface area contributed by atoms with Crippen molar-refractivity contribution >= 4 is 0 Å². The Kier molecular flexibility index (Phi) is 6.26. The van der Waals surface area contributed by atoms with Crippen molar-refractivity contribution in [2.45, 2.75) is 33.0 Å². The van der Waals surface area contributed by atoms with Crippen LogP contribution in [0.5, 0.6) is 0 Å². The molecule has 1 heterocycles. The van der Waals surface area contributed by atoms with E-state index in [1.54, 1.807) is 7.11 Å². The Bertz CT molecular complexity index is 310. The monoisotopic (exact) mass is 240 g/mol. The van der Waals surface area contributed by atoms with Crippen LogP contribution in [0.15, 0.2) is 16.7 Å². The quantitative estimate of drug-likeness (QED) is 0.752. The Hall–Kier alpha value is -0.840. The molecule has 1 aromatic heterocycles. The summed E-state index contributed by atoms with van der Waals surface area (Å²) in [6, 6.07) is 2.60. The van der Waals surface area contributed by atoms with Crippen molar-refractivity contribution in [3.05, 3.63) is 23.7 Å². The third-order valence-electron chi connectivity index (χ3n) is 2.76. The van der Waals surface area contributed by atoms with Crippen LogP contribution in [0, 0.1) is 0 Å². The van der Waals surface area contributed by atoms with E-state index in [0.29, 0.717) is 6.04 Å². The molecule has 1 aromatic rings. The predicted molar refractivity (Wildman–Crippen MR) is 68.9 cm³/mol. The Morgan fingerprint density at radius 3 is 2.82 bits per heavy atom. The van der Waals surface area contributed by atoms with Crippen molar-refractivity contribution in [3.8, 4) is 0 Å². The largest absolute Gasteiger partial charge is 0.468 e. The number of nitrogens with zero attached hydrogens (tertiary/aromatic N) is 1. The Labute approximate surface area is 104 Å². The summed E-state index contributed by atoms with van der Waals surface area (Å²) in [6.07, 6.45) is 1.82. The Morgan fingerprint density at radius 1 is 1.47 bits per heavy atom. The predicted octanol–water partition coefficient (Wildman–Crippen LogP) is 1.86. The van der Waals surface area contributed by atoms with Crippen LogP contribution in [-0.2, 0) is 17.8 Å². The highest BCUT2D eigenvalue weighted by Crippen LogP contribution is 2.12. The maximum atomic E-state index is 5.56. The molecule has 1 rings (SSSR count). The lowest BCUT2D eigenvalue weighted by Crippen LogP contribution is -2.33. The highest BCUT2D eigenvalue weighted by atomic mass is 16.5. The van der Waals surface area contributed by atoms with Gasteiger partial charge in [0, 0.05) is 31.8 Å². The van der Waals surface area contributed by atoms with E-state index >= 15 is 0 Å². The van der Waals surface area contributed by atoms with E-state index in [2.05, 4.69) is 30.1 Å². The standard InChI is InChI=1S/C13H24N2O2/c1-11(2)15(5-6-16-4)9-13-7-12(8-14-3)10-17-13/h7,10-11,14H,5-6,8-9H2,1-4H3. The molecule has 0 spiro atoms. The molecule has 0 unspecified atom stereocenters. The van der Waals surface area contributed by atoms with Crippen LogP contribution in [-0.4, -0.2) is 38.3 Å². The van der Waals surface area contributed by atoms with Gasteiger partial charge in [-0.2, -0.15) is 0 Å². The molecule has 0 saturated carbocycles. The first-order chi connectivity index (χ1) is 8.17. The van der Waals surface area contributed by atoms with E-state index in [1.807, 2.05) is 13.3 Å². The van der Waals surface area contributed by atoms with Gasteiger partial charge in [0.15, 0.2) is 0 Å². The van der Waals surface area contributed by atoms with Gasteiger partial charge in [-0.25, -0.2) is 0 Å². The number of hydrogen-bond acceptors (Lipinski definition) is 4. The number of nitrogens with one attached hydrogen (secondary N) is 1. The lowest BCUT2D eigenvalue weighted by atomic mass is 10.2. The van der Waals surface area contributed by atoms with Gasteiger partial charge >= 0.3 is 0 Å². The van der Waals surface area contributed by atoms with Crippen molar-refractivity contribution in [2.24, 2.45) is 0 Å². The number of ether oxygens (including phenoxy) is 1. The molecular formula is C13H24N2O2. The molecule has 0 amide bonds. The van der Waals surface area contributed by atoms with Crippen LogP contribution in [0.25, 0.3) is 0 Å². The normalized spacial score (nSPS) is 11.6. The minimum atomic E-state index is 0.489. The third-order valence-corrected chi connectivity index (χ3v) is 2.76. The van der Waals surface area contributed by atoms with Crippen LogP contribution in [0.1, 0.15) is 25.2 Å². The Balaban J connectivity index is 2.52. The summed E-state index contributed by atoms with van der Waals surface area (Å²) in [6.45, 7) is 7.74. The van der Waals surface area contributed by atoms with Gasteiger partial charge in [0.25, 0.3) is 0 Å². The molecule has 0 aliphatic rings. The van der Waals surface area contributed by atoms with Crippen molar-refractivity contribution in [3.63, 3.8) is 0 Å². The first kappa shape index (κ1) is 14.2. The minimum absolute atomic E-state index is 0.489. The van der Waals surface area contributed by atoms with Gasteiger partial charge in [0.1, 0.15) is 5.76 Å². The van der Waals surface area contributed by atoms with Crippen molar-refractivity contribution in [1.82, 2.24) is 10.2 Å². The number of hydrogen-bond donors (Lipinski definition) is 1. The van der Waals surface area contributed by atoms with Crippen LogP contribution in [0.3, 0.4) is 0 Å². The minimum Gasteiger partial charge on any atom is -0.468 e. The molecule has 4 nitrogen and oxygen atoms in total. The van der Waals surface area contributed by atoms with Crippen molar-refractivity contribution in [2.75, 3.05) is 27.3 Å². The van der Waals surface area contributed by atoms with Gasteiger partial charge < -0.3 is 14.5 Å². The van der Waals surface area contributed by atoms with Crippen LogP contribution in [0.4, 0.5) is 0 Å². The van der Waals surface area contributed by atoms with E-state index in [1.165, 1.54) is 5.56 Å². The molecule has 4 heteroatoms. The fraction of sp³-hybridized carbons (Fsp3) is 0.692. The second kappa shape index (κ2) is 7.48. The lowest BCUT2D eigenvalue weighted by molar-refractivity contribution is 0.119. The van der Waals surface area contributed by atoms with Gasteiger partial charge in [-0.05, 0) is 27.0 Å². The van der Waals surface area contributed by atoms with Gasteiger partial charge in [0.05, 0.1) is 19.4 Å². The molecule has 0 radical (unpaired) electrons. The van der Waals surface area contributed by atoms with Crippen LogP contribution in [0.2, 0.25) is 0 Å². The summed E-state index contributed by atoms with van der Waals surface area (Å²) in [5, 5.41) is 3.11.